The van der Waals surface area contributed by atoms with Crippen molar-refractivity contribution in [2.45, 2.75) is 19.9 Å². The quantitative estimate of drug-likeness (QED) is 0.608. The van der Waals surface area contributed by atoms with Crippen molar-refractivity contribution in [1.82, 2.24) is 20.4 Å². The lowest BCUT2D eigenvalue weighted by atomic mass is 10.2. The minimum absolute atomic E-state index is 0.587. The van der Waals surface area contributed by atoms with E-state index in [0.29, 0.717) is 6.54 Å². The molecule has 1 heterocycles. The van der Waals surface area contributed by atoms with Crippen molar-refractivity contribution >= 4 is 17.6 Å². The lowest BCUT2D eigenvalue weighted by Gasteiger charge is -2.21. The highest BCUT2D eigenvalue weighted by Gasteiger charge is 2.11. The fourth-order valence-corrected chi connectivity index (χ4v) is 2.98. The van der Waals surface area contributed by atoms with Gasteiger partial charge in [0.25, 0.3) is 0 Å². The summed E-state index contributed by atoms with van der Waals surface area (Å²) in [5.41, 5.74) is 1.05. The van der Waals surface area contributed by atoms with E-state index < -0.39 is 0 Å². The molecule has 0 atom stereocenters. The summed E-state index contributed by atoms with van der Waals surface area (Å²) in [5, 5.41) is 7.50. The number of benzene rings is 1. The molecule has 0 amide bonds. The number of guanidine groups is 1. The molecule has 0 unspecified atom stereocenters. The first-order valence-electron chi connectivity index (χ1n) is 8.85. The Morgan fingerprint density at radius 2 is 2.00 bits per heavy atom. The zero-order valence-electron chi connectivity index (χ0n) is 14.9. The van der Waals surface area contributed by atoms with E-state index in [9.17, 15) is 0 Å². The molecular weight excluding hydrogens is 322 g/mol. The zero-order valence-corrected chi connectivity index (χ0v) is 15.6. The Labute approximate surface area is 151 Å². The number of nitrogens with one attached hydrogen (secondary N) is 2. The molecule has 1 fully saturated rings. The summed E-state index contributed by atoms with van der Waals surface area (Å²) < 4.78 is 0. The van der Waals surface area contributed by atoms with Crippen LogP contribution in [-0.2, 0) is 6.54 Å². The first-order valence-corrected chi connectivity index (χ1v) is 9.23. The first kappa shape index (κ1) is 19.0. The Balaban J connectivity index is 1.80. The Morgan fingerprint density at radius 3 is 2.79 bits per heavy atom. The van der Waals surface area contributed by atoms with Crippen LogP contribution in [0.4, 0.5) is 0 Å². The highest BCUT2D eigenvalue weighted by molar-refractivity contribution is 6.31. The van der Waals surface area contributed by atoms with Gasteiger partial charge in [0.05, 0.1) is 6.54 Å². The molecule has 1 aromatic carbocycles. The van der Waals surface area contributed by atoms with E-state index >= 15 is 0 Å². The van der Waals surface area contributed by atoms with Crippen molar-refractivity contribution in [1.29, 1.82) is 0 Å². The molecule has 5 nitrogen and oxygen atoms in total. The lowest BCUT2D eigenvalue weighted by Crippen LogP contribution is -2.42. The summed E-state index contributed by atoms with van der Waals surface area (Å²) in [6, 6.07) is 7.86. The molecule has 24 heavy (non-hydrogen) atoms. The van der Waals surface area contributed by atoms with Gasteiger partial charge in [0.15, 0.2) is 5.96 Å². The largest absolute Gasteiger partial charge is 0.357 e. The highest BCUT2D eigenvalue weighted by Crippen LogP contribution is 2.15. The number of hydrogen-bond acceptors (Lipinski definition) is 3. The molecule has 0 bridgehead atoms. The normalized spacial score (nSPS) is 17.5. The van der Waals surface area contributed by atoms with Gasteiger partial charge in [0.1, 0.15) is 0 Å². The summed E-state index contributed by atoms with van der Waals surface area (Å²) in [4.78, 5) is 9.57. The second-order valence-corrected chi connectivity index (χ2v) is 6.62. The summed E-state index contributed by atoms with van der Waals surface area (Å²) in [6.07, 6.45) is 1.25. The van der Waals surface area contributed by atoms with E-state index in [2.05, 4.69) is 39.4 Å². The highest BCUT2D eigenvalue weighted by atomic mass is 35.5. The second kappa shape index (κ2) is 10.5. The second-order valence-electron chi connectivity index (χ2n) is 6.21. The minimum Gasteiger partial charge on any atom is -0.357 e. The lowest BCUT2D eigenvalue weighted by molar-refractivity contribution is 0.280. The summed E-state index contributed by atoms with van der Waals surface area (Å²) in [6.45, 7) is 10.1. The van der Waals surface area contributed by atoms with Gasteiger partial charge >= 0.3 is 0 Å². The number of likely N-dealkylation sites (N-methyl/N-ethyl adjacent to an activating group) is 1. The van der Waals surface area contributed by atoms with Gasteiger partial charge in [0.2, 0.25) is 0 Å². The number of nitrogens with zero attached hydrogens (tertiary/aromatic N) is 3. The Kier molecular flexibility index (Phi) is 8.36. The van der Waals surface area contributed by atoms with Crippen LogP contribution in [0.15, 0.2) is 29.3 Å². The van der Waals surface area contributed by atoms with Crippen molar-refractivity contribution in [3.63, 3.8) is 0 Å². The summed E-state index contributed by atoms with van der Waals surface area (Å²) in [7, 11) is 2.20. The Hall–Kier alpha value is -1.30. The maximum atomic E-state index is 6.20. The fourth-order valence-electron chi connectivity index (χ4n) is 2.79. The van der Waals surface area contributed by atoms with Gasteiger partial charge in [-0.1, -0.05) is 29.8 Å². The minimum atomic E-state index is 0.587. The van der Waals surface area contributed by atoms with Crippen LogP contribution < -0.4 is 10.6 Å². The molecule has 0 aromatic heterocycles. The average molecular weight is 352 g/mol. The molecule has 1 aliphatic rings. The van der Waals surface area contributed by atoms with Crippen LogP contribution in [0.1, 0.15) is 18.9 Å². The number of rotatable bonds is 6. The van der Waals surface area contributed by atoms with E-state index in [0.717, 1.165) is 49.3 Å². The molecule has 134 valence electrons. The number of hydrogen-bond donors (Lipinski definition) is 2. The third kappa shape index (κ3) is 6.67. The van der Waals surface area contributed by atoms with Crippen LogP contribution in [0, 0.1) is 0 Å². The predicted molar refractivity (Wildman–Crippen MR) is 103 cm³/mol. The topological polar surface area (TPSA) is 42.9 Å². The Bertz CT molecular complexity index is 520. The first-order chi connectivity index (χ1) is 11.7. The van der Waals surface area contributed by atoms with Gasteiger partial charge in [-0.15, -0.1) is 0 Å². The maximum absolute atomic E-state index is 6.20. The molecule has 1 aromatic rings. The molecule has 6 heteroatoms. The van der Waals surface area contributed by atoms with Crippen molar-refractivity contribution in [3.05, 3.63) is 34.9 Å². The van der Waals surface area contributed by atoms with Crippen molar-refractivity contribution < 1.29 is 0 Å². The SMILES string of the molecule is CCNC(=NCc1ccccc1Cl)NCCN1CCCN(C)CC1. The summed E-state index contributed by atoms with van der Waals surface area (Å²) in [5.74, 6) is 0.851. The molecule has 0 aliphatic carbocycles. The van der Waals surface area contributed by atoms with E-state index in [-0.39, 0.29) is 0 Å². The molecular formula is C18H30ClN5. The Morgan fingerprint density at radius 1 is 1.17 bits per heavy atom. The molecule has 0 radical (unpaired) electrons. The molecule has 2 N–H and O–H groups in total. The van der Waals surface area contributed by atoms with Crippen molar-refractivity contribution in [2.24, 2.45) is 4.99 Å². The van der Waals surface area contributed by atoms with Gasteiger partial charge < -0.3 is 20.4 Å². The average Bonchev–Trinajstić information content (AvgIpc) is 2.78. The fraction of sp³-hybridized carbons (Fsp3) is 0.611. The van der Waals surface area contributed by atoms with Crippen LogP contribution in [0.5, 0.6) is 0 Å². The van der Waals surface area contributed by atoms with E-state index in [4.69, 9.17) is 11.6 Å². The molecule has 1 aliphatic heterocycles. The number of halogens is 1. The van der Waals surface area contributed by atoms with Gasteiger partial charge in [-0.3, -0.25) is 0 Å². The van der Waals surface area contributed by atoms with E-state index in [1.807, 2.05) is 24.3 Å². The van der Waals surface area contributed by atoms with Crippen LogP contribution in [0.2, 0.25) is 5.02 Å². The zero-order chi connectivity index (χ0) is 17.2. The molecule has 2 rings (SSSR count). The van der Waals surface area contributed by atoms with Crippen LogP contribution >= 0.6 is 11.6 Å². The van der Waals surface area contributed by atoms with Gasteiger partial charge in [-0.05, 0) is 45.1 Å². The summed E-state index contributed by atoms with van der Waals surface area (Å²) >= 11 is 6.20. The van der Waals surface area contributed by atoms with Gasteiger partial charge in [-0.25, -0.2) is 4.99 Å². The monoisotopic (exact) mass is 351 g/mol. The molecule has 1 saturated heterocycles. The van der Waals surface area contributed by atoms with Crippen molar-refractivity contribution in [2.75, 3.05) is 52.9 Å². The van der Waals surface area contributed by atoms with Gasteiger partial charge in [-0.2, -0.15) is 0 Å². The predicted octanol–water partition coefficient (Wildman–Crippen LogP) is 2.03. The van der Waals surface area contributed by atoms with Crippen LogP contribution in [0.25, 0.3) is 0 Å². The molecule has 0 spiro atoms. The van der Waals surface area contributed by atoms with Crippen LogP contribution in [-0.4, -0.2) is 68.6 Å². The van der Waals surface area contributed by atoms with E-state index in [1.165, 1.54) is 19.5 Å². The third-order valence-electron chi connectivity index (χ3n) is 4.24. The maximum Gasteiger partial charge on any atom is 0.191 e. The standard InChI is InChI=1S/C18H30ClN5/c1-3-20-18(22-15-16-7-4-5-8-17(16)19)21-9-12-24-11-6-10-23(2)13-14-24/h4-5,7-8H,3,6,9-15H2,1-2H3,(H2,20,21,22). The number of aliphatic imine (C=N–C) groups is 1. The third-order valence-corrected chi connectivity index (χ3v) is 4.61. The molecule has 0 saturated carbocycles. The van der Waals surface area contributed by atoms with Gasteiger partial charge in [0, 0.05) is 37.7 Å². The van der Waals surface area contributed by atoms with E-state index in [1.54, 1.807) is 0 Å². The van der Waals surface area contributed by atoms with Crippen LogP contribution in [0.3, 0.4) is 0 Å². The smallest absolute Gasteiger partial charge is 0.191 e. The van der Waals surface area contributed by atoms with Crippen molar-refractivity contribution in [3.8, 4) is 0 Å².